The third-order valence-electron chi connectivity index (χ3n) is 5.94. The molecule has 0 bridgehead atoms. The van der Waals surface area contributed by atoms with E-state index in [9.17, 15) is 4.79 Å². The van der Waals surface area contributed by atoms with E-state index in [1.807, 2.05) is 60.1 Å². The molecule has 1 aliphatic rings. The summed E-state index contributed by atoms with van der Waals surface area (Å²) in [5, 5.41) is 12.1. The quantitative estimate of drug-likeness (QED) is 0.439. The van der Waals surface area contributed by atoms with Crippen LogP contribution < -0.4 is 10.7 Å². The number of carbonyl (C=O) groups is 1. The highest BCUT2D eigenvalue weighted by atomic mass is 32.2. The molecule has 0 fully saturated rings. The number of nitrogens with one attached hydrogen (secondary N) is 2. The average Bonchev–Trinajstić information content (AvgIpc) is 3.25. The van der Waals surface area contributed by atoms with Gasteiger partial charge < -0.3 is 10.7 Å². The van der Waals surface area contributed by atoms with Gasteiger partial charge in [-0.15, -0.1) is 10.2 Å². The average molecular weight is 456 g/mol. The summed E-state index contributed by atoms with van der Waals surface area (Å²) >= 11 is 1.43. The lowest BCUT2D eigenvalue weighted by atomic mass is 10.0. The Kier molecular flexibility index (Phi) is 5.64. The summed E-state index contributed by atoms with van der Waals surface area (Å²) in [6, 6.07) is 23.9. The number of fused-ring (bicyclic) bond motifs is 1. The van der Waals surface area contributed by atoms with Crippen molar-refractivity contribution in [3.63, 3.8) is 0 Å². The van der Waals surface area contributed by atoms with E-state index in [1.165, 1.54) is 22.9 Å². The van der Waals surface area contributed by atoms with Gasteiger partial charge in [-0.2, -0.15) is 0 Å². The molecule has 1 aromatic heterocycles. The van der Waals surface area contributed by atoms with Crippen molar-refractivity contribution in [1.82, 2.24) is 14.9 Å². The molecule has 0 saturated carbocycles. The van der Waals surface area contributed by atoms with Crippen molar-refractivity contribution in [2.24, 2.45) is 0 Å². The Labute approximate surface area is 197 Å². The van der Waals surface area contributed by atoms with E-state index in [2.05, 4.69) is 59.1 Å². The van der Waals surface area contributed by atoms with Gasteiger partial charge in [0, 0.05) is 11.3 Å². The molecular weight excluding hydrogens is 430 g/mol. The van der Waals surface area contributed by atoms with Crippen molar-refractivity contribution in [1.29, 1.82) is 0 Å². The molecule has 2 heterocycles. The zero-order valence-corrected chi connectivity index (χ0v) is 19.6. The number of benzene rings is 3. The van der Waals surface area contributed by atoms with E-state index in [0.717, 1.165) is 28.2 Å². The molecule has 0 saturated heterocycles. The molecule has 4 aromatic rings. The first-order valence-corrected chi connectivity index (χ1v) is 11.8. The van der Waals surface area contributed by atoms with Crippen LogP contribution in [0.15, 0.2) is 78.0 Å². The molecule has 1 amide bonds. The molecular formula is C26H25N5OS. The maximum atomic E-state index is 13.5. The maximum absolute atomic E-state index is 13.5. The van der Waals surface area contributed by atoms with Crippen molar-refractivity contribution in [3.05, 3.63) is 95.1 Å². The molecule has 1 aliphatic heterocycles. The van der Waals surface area contributed by atoms with Crippen LogP contribution in [0.1, 0.15) is 28.3 Å². The molecule has 0 spiro atoms. The Morgan fingerprint density at radius 1 is 0.939 bits per heavy atom. The number of aryl methyl sites for hydroxylation is 3. The number of amides is 1. The Bertz CT molecular complexity index is 1300. The van der Waals surface area contributed by atoms with Gasteiger partial charge in [0.15, 0.2) is 5.82 Å². The summed E-state index contributed by atoms with van der Waals surface area (Å²) in [6.45, 7) is 6.17. The molecule has 3 aromatic carbocycles. The van der Waals surface area contributed by atoms with Crippen LogP contribution in [0.25, 0.3) is 11.4 Å². The minimum absolute atomic E-state index is 0.0724. The zero-order valence-electron chi connectivity index (χ0n) is 18.7. The van der Waals surface area contributed by atoms with E-state index in [0.29, 0.717) is 5.16 Å². The van der Waals surface area contributed by atoms with E-state index < -0.39 is 5.25 Å². The van der Waals surface area contributed by atoms with Crippen molar-refractivity contribution < 1.29 is 4.79 Å². The highest BCUT2D eigenvalue weighted by molar-refractivity contribution is 8.00. The number of thioether (sulfide) groups is 1. The van der Waals surface area contributed by atoms with Gasteiger partial charge in [-0.3, -0.25) is 4.79 Å². The van der Waals surface area contributed by atoms with Crippen molar-refractivity contribution in [2.75, 3.05) is 10.7 Å². The van der Waals surface area contributed by atoms with Crippen LogP contribution in [-0.2, 0) is 4.79 Å². The van der Waals surface area contributed by atoms with Crippen molar-refractivity contribution in [2.45, 2.75) is 37.2 Å². The summed E-state index contributed by atoms with van der Waals surface area (Å²) in [6.07, 6.45) is 0. The smallest absolute Gasteiger partial charge is 0.240 e. The van der Waals surface area contributed by atoms with E-state index in [1.54, 1.807) is 0 Å². The Balaban J connectivity index is 1.50. The number of hydrogen-bond donors (Lipinski definition) is 2. The molecule has 2 atom stereocenters. The van der Waals surface area contributed by atoms with Crippen LogP contribution in [0, 0.1) is 20.8 Å². The fourth-order valence-corrected chi connectivity index (χ4v) is 4.97. The number of nitrogens with zero attached hydrogens (tertiary/aromatic N) is 3. The predicted molar refractivity (Wildman–Crippen MR) is 133 cm³/mol. The lowest BCUT2D eigenvalue weighted by Gasteiger charge is -2.33. The van der Waals surface area contributed by atoms with Gasteiger partial charge in [-0.1, -0.05) is 78.0 Å². The Hall–Kier alpha value is -3.58. The lowest BCUT2D eigenvalue weighted by molar-refractivity contribution is -0.116. The van der Waals surface area contributed by atoms with Gasteiger partial charge in [0.25, 0.3) is 0 Å². The fraction of sp³-hybridized carbons (Fsp3) is 0.192. The molecule has 5 rings (SSSR count). The maximum Gasteiger partial charge on any atom is 0.240 e. The van der Waals surface area contributed by atoms with Crippen molar-refractivity contribution >= 4 is 23.4 Å². The van der Waals surface area contributed by atoms with Gasteiger partial charge in [0.05, 0.1) is 6.04 Å². The number of aromatic nitrogens is 3. The van der Waals surface area contributed by atoms with E-state index >= 15 is 0 Å². The molecule has 7 heteroatoms. The van der Waals surface area contributed by atoms with Crippen LogP contribution in [-0.4, -0.2) is 26.0 Å². The van der Waals surface area contributed by atoms with Gasteiger partial charge in [0.1, 0.15) is 5.25 Å². The van der Waals surface area contributed by atoms with E-state index in [-0.39, 0.29) is 11.9 Å². The second-order valence-electron chi connectivity index (χ2n) is 8.35. The zero-order chi connectivity index (χ0) is 22.9. The predicted octanol–water partition coefficient (Wildman–Crippen LogP) is 5.27. The first-order valence-electron chi connectivity index (χ1n) is 10.9. The third kappa shape index (κ3) is 4.24. The Morgan fingerprint density at radius 3 is 2.42 bits per heavy atom. The first-order chi connectivity index (χ1) is 16.0. The van der Waals surface area contributed by atoms with E-state index in [4.69, 9.17) is 0 Å². The third-order valence-corrected chi connectivity index (χ3v) is 7.15. The van der Waals surface area contributed by atoms with Gasteiger partial charge >= 0.3 is 0 Å². The van der Waals surface area contributed by atoms with Crippen LogP contribution in [0.5, 0.6) is 0 Å². The number of carbonyl (C=O) groups excluding carboxylic acids is 1. The molecule has 0 unspecified atom stereocenters. The SMILES string of the molecule is Cc1ccc([C@H]2Nn3c(nnc3-c3ccccc3)S[C@@H]2C(=O)Nc2ccc(C)c(C)c2)cc1. The lowest BCUT2D eigenvalue weighted by Crippen LogP contribution is -2.41. The monoisotopic (exact) mass is 455 g/mol. The summed E-state index contributed by atoms with van der Waals surface area (Å²) in [5.41, 5.74) is 9.83. The molecule has 33 heavy (non-hydrogen) atoms. The van der Waals surface area contributed by atoms with Crippen LogP contribution in [0.2, 0.25) is 0 Å². The number of rotatable bonds is 4. The number of anilines is 1. The summed E-state index contributed by atoms with van der Waals surface area (Å²) in [5.74, 6) is 0.653. The second kappa shape index (κ2) is 8.75. The van der Waals surface area contributed by atoms with Gasteiger partial charge in [-0.05, 0) is 49.6 Å². The standard InChI is InChI=1S/C26H25N5OS/c1-16-9-12-19(13-10-16)22-23(25(32)27-21-14-11-17(2)18(3)15-21)33-26-29-28-24(31(26)30-22)20-7-5-4-6-8-20/h4-15,22-23,30H,1-3H3,(H,27,32)/t22-,23+/m1/s1. The Morgan fingerprint density at radius 2 is 1.70 bits per heavy atom. The van der Waals surface area contributed by atoms with Gasteiger partial charge in [-0.25, -0.2) is 4.68 Å². The topological polar surface area (TPSA) is 71.8 Å². The minimum atomic E-state index is -0.422. The highest BCUT2D eigenvalue weighted by Gasteiger charge is 2.38. The number of hydrogen-bond acceptors (Lipinski definition) is 5. The second-order valence-corrected chi connectivity index (χ2v) is 9.46. The highest BCUT2D eigenvalue weighted by Crippen LogP contribution is 2.39. The summed E-state index contributed by atoms with van der Waals surface area (Å²) in [4.78, 5) is 13.5. The molecule has 0 aliphatic carbocycles. The summed E-state index contributed by atoms with van der Waals surface area (Å²) in [7, 11) is 0. The molecule has 2 N–H and O–H groups in total. The van der Waals surface area contributed by atoms with Crippen molar-refractivity contribution in [3.8, 4) is 11.4 Å². The normalized spacial score (nSPS) is 17.2. The minimum Gasteiger partial charge on any atom is -0.325 e. The fourth-order valence-electron chi connectivity index (χ4n) is 3.89. The van der Waals surface area contributed by atoms with Crippen LogP contribution in [0.4, 0.5) is 5.69 Å². The molecule has 166 valence electrons. The van der Waals surface area contributed by atoms with Crippen LogP contribution in [0.3, 0.4) is 0 Å². The van der Waals surface area contributed by atoms with Crippen LogP contribution >= 0.6 is 11.8 Å². The summed E-state index contributed by atoms with van der Waals surface area (Å²) < 4.78 is 1.89. The van der Waals surface area contributed by atoms with Gasteiger partial charge in [0.2, 0.25) is 11.1 Å². The first kappa shape index (κ1) is 21.3. The largest absolute Gasteiger partial charge is 0.325 e. The molecule has 0 radical (unpaired) electrons. The molecule has 6 nitrogen and oxygen atoms in total.